The van der Waals surface area contributed by atoms with Gasteiger partial charge in [-0.1, -0.05) is 0 Å². The molecule has 1 aliphatic heterocycles. The third kappa shape index (κ3) is 1.43. The third-order valence-corrected chi connectivity index (χ3v) is 1.73. The Kier molecular flexibility index (Phi) is 2.07. The van der Waals surface area contributed by atoms with Crippen molar-refractivity contribution < 1.29 is 4.74 Å². The van der Waals surface area contributed by atoms with Crippen LogP contribution in [0.15, 0.2) is 0 Å². The maximum Gasteiger partial charge on any atom is 0.0731 e. The molecule has 0 aromatic carbocycles. The maximum atomic E-state index is 8.47. The minimum absolute atomic E-state index is 0.0764. The summed E-state index contributed by atoms with van der Waals surface area (Å²) < 4.78 is 5.28. The summed E-state index contributed by atoms with van der Waals surface area (Å²) in [5.74, 6) is 0.0764. The average Bonchev–Trinajstić information content (AvgIpc) is 2.37. The Morgan fingerprint density at radius 2 is 2.56 bits per heavy atom. The number of hydrogen-bond acceptors (Lipinski definition) is 2. The summed E-state index contributed by atoms with van der Waals surface area (Å²) in [4.78, 5) is 0. The lowest BCUT2D eigenvalue weighted by molar-refractivity contribution is 0.0867. The fourth-order valence-electron chi connectivity index (χ4n) is 1.08. The molecule has 0 aromatic rings. The quantitative estimate of drug-likeness (QED) is 0.529. The van der Waals surface area contributed by atoms with E-state index >= 15 is 0 Å². The zero-order valence-electron chi connectivity index (χ0n) is 5.63. The van der Waals surface area contributed by atoms with Crippen LogP contribution < -0.4 is 0 Å². The molecule has 2 atom stereocenters. The van der Waals surface area contributed by atoms with Gasteiger partial charge in [0.05, 0.1) is 18.1 Å². The fourth-order valence-corrected chi connectivity index (χ4v) is 1.08. The molecular weight excluding hydrogens is 114 g/mol. The Bertz CT molecular complexity index is 121. The molecule has 0 saturated carbocycles. The number of hydrogen-bond donors (Lipinski definition) is 0. The summed E-state index contributed by atoms with van der Waals surface area (Å²) in [6, 6.07) is 2.18. The van der Waals surface area contributed by atoms with E-state index < -0.39 is 0 Å². The van der Waals surface area contributed by atoms with E-state index in [1.165, 1.54) is 0 Å². The normalized spacial score (nSPS) is 29.6. The van der Waals surface area contributed by atoms with Crippen LogP contribution in [-0.2, 0) is 4.74 Å². The first-order chi connectivity index (χ1) is 4.34. The van der Waals surface area contributed by atoms with Crippen LogP contribution in [-0.4, -0.2) is 12.7 Å². The van der Waals surface area contributed by atoms with Gasteiger partial charge in [-0.25, -0.2) is 0 Å². The number of nitriles is 1. The molecule has 2 heteroatoms. The lowest BCUT2D eigenvalue weighted by Crippen LogP contribution is -2.14. The second-order valence-electron chi connectivity index (χ2n) is 2.47. The first-order valence-corrected chi connectivity index (χ1v) is 3.36. The van der Waals surface area contributed by atoms with Crippen molar-refractivity contribution in [1.29, 1.82) is 5.26 Å². The smallest absolute Gasteiger partial charge is 0.0731 e. The van der Waals surface area contributed by atoms with Crippen LogP contribution in [0.25, 0.3) is 0 Å². The molecule has 1 fully saturated rings. The largest absolute Gasteiger partial charge is 0.377 e. The summed E-state index contributed by atoms with van der Waals surface area (Å²) >= 11 is 0. The molecule has 0 bridgehead atoms. The predicted molar refractivity (Wildman–Crippen MR) is 33.8 cm³/mol. The summed E-state index contributed by atoms with van der Waals surface area (Å²) in [7, 11) is 0. The summed E-state index contributed by atoms with van der Waals surface area (Å²) in [6.07, 6.45) is 2.40. The summed E-state index contributed by atoms with van der Waals surface area (Å²) in [5, 5.41) is 8.47. The second-order valence-corrected chi connectivity index (χ2v) is 2.47. The molecule has 1 rings (SSSR count). The van der Waals surface area contributed by atoms with Crippen LogP contribution in [0.5, 0.6) is 0 Å². The van der Waals surface area contributed by atoms with E-state index in [4.69, 9.17) is 10.00 Å². The Labute approximate surface area is 55.4 Å². The average molecular weight is 125 g/mol. The highest BCUT2D eigenvalue weighted by Crippen LogP contribution is 2.18. The van der Waals surface area contributed by atoms with E-state index in [9.17, 15) is 0 Å². The van der Waals surface area contributed by atoms with E-state index in [1.807, 2.05) is 6.92 Å². The van der Waals surface area contributed by atoms with Crippen LogP contribution in [0, 0.1) is 17.2 Å². The zero-order chi connectivity index (χ0) is 6.69. The third-order valence-electron chi connectivity index (χ3n) is 1.73. The minimum atomic E-state index is 0.0764. The van der Waals surface area contributed by atoms with Gasteiger partial charge in [0, 0.05) is 6.61 Å². The fraction of sp³-hybridized carbons (Fsp3) is 0.857. The molecule has 0 radical (unpaired) electrons. The predicted octanol–water partition coefficient (Wildman–Crippen LogP) is 1.33. The van der Waals surface area contributed by atoms with Crippen molar-refractivity contribution in [3.8, 4) is 6.07 Å². The van der Waals surface area contributed by atoms with Crippen LogP contribution in [0.2, 0.25) is 0 Å². The highest BCUT2D eigenvalue weighted by molar-refractivity contribution is 4.87. The number of nitrogens with zero attached hydrogens (tertiary/aromatic N) is 1. The van der Waals surface area contributed by atoms with Gasteiger partial charge in [0.25, 0.3) is 0 Å². The van der Waals surface area contributed by atoms with Crippen molar-refractivity contribution in [2.45, 2.75) is 25.9 Å². The van der Waals surface area contributed by atoms with Gasteiger partial charge in [-0.05, 0) is 19.8 Å². The van der Waals surface area contributed by atoms with Gasteiger partial charge in [-0.3, -0.25) is 0 Å². The van der Waals surface area contributed by atoms with Crippen molar-refractivity contribution in [3.05, 3.63) is 0 Å². The van der Waals surface area contributed by atoms with Crippen LogP contribution in [0.4, 0.5) is 0 Å². The summed E-state index contributed by atoms with van der Waals surface area (Å²) in [5.41, 5.74) is 0. The van der Waals surface area contributed by atoms with Gasteiger partial charge < -0.3 is 4.74 Å². The molecule has 0 spiro atoms. The standard InChI is InChI=1S/C7H11NO/c1-6(5-8)7-3-2-4-9-7/h6-7H,2-4H2,1H3/t6-,7-/m1/s1. The second kappa shape index (κ2) is 2.84. The SMILES string of the molecule is C[C@H](C#N)[C@H]1CCCO1. The van der Waals surface area contributed by atoms with E-state index in [2.05, 4.69) is 6.07 Å². The van der Waals surface area contributed by atoms with Gasteiger partial charge in [0.15, 0.2) is 0 Å². The van der Waals surface area contributed by atoms with Crippen LogP contribution >= 0.6 is 0 Å². The highest BCUT2D eigenvalue weighted by atomic mass is 16.5. The Morgan fingerprint density at radius 3 is 3.00 bits per heavy atom. The number of ether oxygens (including phenoxy) is 1. The maximum absolute atomic E-state index is 8.47. The molecule has 9 heavy (non-hydrogen) atoms. The van der Waals surface area contributed by atoms with Crippen molar-refractivity contribution in [2.75, 3.05) is 6.61 Å². The first kappa shape index (κ1) is 6.57. The molecule has 1 aliphatic rings. The Hall–Kier alpha value is -0.550. The molecule has 0 N–H and O–H groups in total. The molecule has 0 amide bonds. The van der Waals surface area contributed by atoms with Crippen LogP contribution in [0.3, 0.4) is 0 Å². The van der Waals surface area contributed by atoms with E-state index in [-0.39, 0.29) is 12.0 Å². The molecule has 0 unspecified atom stereocenters. The molecule has 2 nitrogen and oxygen atoms in total. The van der Waals surface area contributed by atoms with Crippen molar-refractivity contribution in [1.82, 2.24) is 0 Å². The number of rotatable bonds is 1. The van der Waals surface area contributed by atoms with E-state index in [0.717, 1.165) is 19.4 Å². The van der Waals surface area contributed by atoms with Gasteiger partial charge in [0.1, 0.15) is 0 Å². The van der Waals surface area contributed by atoms with Gasteiger partial charge in [-0.15, -0.1) is 0 Å². The van der Waals surface area contributed by atoms with Gasteiger partial charge in [0.2, 0.25) is 0 Å². The van der Waals surface area contributed by atoms with Gasteiger partial charge in [-0.2, -0.15) is 5.26 Å². The van der Waals surface area contributed by atoms with E-state index in [1.54, 1.807) is 0 Å². The molecule has 1 saturated heterocycles. The van der Waals surface area contributed by atoms with E-state index in [0.29, 0.717) is 0 Å². The molecule has 50 valence electrons. The van der Waals surface area contributed by atoms with Crippen molar-refractivity contribution in [3.63, 3.8) is 0 Å². The monoisotopic (exact) mass is 125 g/mol. The molecular formula is C7H11NO. The van der Waals surface area contributed by atoms with Crippen LogP contribution in [0.1, 0.15) is 19.8 Å². The van der Waals surface area contributed by atoms with Gasteiger partial charge >= 0.3 is 0 Å². The minimum Gasteiger partial charge on any atom is -0.377 e. The summed E-state index contributed by atoms with van der Waals surface area (Å²) in [6.45, 7) is 2.76. The Morgan fingerprint density at radius 1 is 1.78 bits per heavy atom. The topological polar surface area (TPSA) is 33.0 Å². The molecule has 0 aliphatic carbocycles. The lowest BCUT2D eigenvalue weighted by atomic mass is 10.0. The van der Waals surface area contributed by atoms with Crippen molar-refractivity contribution >= 4 is 0 Å². The van der Waals surface area contributed by atoms with Crippen molar-refractivity contribution in [2.24, 2.45) is 5.92 Å². The first-order valence-electron chi connectivity index (χ1n) is 3.36. The highest BCUT2D eigenvalue weighted by Gasteiger charge is 2.21. The molecule has 1 heterocycles. The molecule has 0 aromatic heterocycles. The Balaban J connectivity index is 2.34. The lowest BCUT2D eigenvalue weighted by Gasteiger charge is -2.09. The zero-order valence-corrected chi connectivity index (χ0v) is 5.63.